The number of hydrogen-bond acceptors (Lipinski definition) is 4. The van der Waals surface area contributed by atoms with Gasteiger partial charge in [-0.3, -0.25) is 14.5 Å². The highest BCUT2D eigenvalue weighted by Gasteiger charge is 2.31. The number of aryl methyl sites for hydroxylation is 1. The molecule has 1 aromatic heterocycles. The van der Waals surface area contributed by atoms with Gasteiger partial charge in [0.2, 0.25) is 5.91 Å². The summed E-state index contributed by atoms with van der Waals surface area (Å²) in [6, 6.07) is 7.34. The van der Waals surface area contributed by atoms with Crippen LogP contribution in [-0.4, -0.2) is 65.1 Å². The molecule has 1 aromatic carbocycles. The Morgan fingerprint density at radius 3 is 2.17 bits per heavy atom. The van der Waals surface area contributed by atoms with Crippen molar-refractivity contribution in [3.63, 3.8) is 0 Å². The van der Waals surface area contributed by atoms with Crippen LogP contribution in [0.4, 0.5) is 13.2 Å². The van der Waals surface area contributed by atoms with E-state index in [0.717, 1.165) is 11.4 Å². The molecule has 0 bridgehead atoms. The minimum atomic E-state index is -4.74. The molecule has 1 aliphatic heterocycles. The molecule has 2 aromatic rings. The number of nitrogens with zero attached hydrogens (tertiary/aromatic N) is 3. The van der Waals surface area contributed by atoms with Gasteiger partial charge in [-0.1, -0.05) is 0 Å². The highest BCUT2D eigenvalue weighted by molar-refractivity contribution is 5.99. The third-order valence-electron chi connectivity index (χ3n) is 5.24. The molecule has 3 rings (SSSR count). The van der Waals surface area contributed by atoms with E-state index in [0.29, 0.717) is 37.4 Å². The van der Waals surface area contributed by atoms with Crippen LogP contribution < -0.4 is 4.74 Å². The number of rotatable bonds is 5. The first-order valence-corrected chi connectivity index (χ1v) is 9.61. The van der Waals surface area contributed by atoms with Crippen molar-refractivity contribution in [2.75, 3.05) is 32.7 Å². The van der Waals surface area contributed by atoms with Crippen LogP contribution in [0.3, 0.4) is 0 Å². The Hall–Kier alpha value is -2.81. The Balaban J connectivity index is 1.72. The number of carbonyl (C=O) groups is 2. The predicted molar refractivity (Wildman–Crippen MR) is 105 cm³/mol. The monoisotopic (exact) mass is 423 g/mol. The molecule has 2 heterocycles. The van der Waals surface area contributed by atoms with Gasteiger partial charge in [0.15, 0.2) is 5.78 Å². The van der Waals surface area contributed by atoms with Gasteiger partial charge in [0.05, 0.1) is 6.54 Å². The van der Waals surface area contributed by atoms with Gasteiger partial charge in [-0.2, -0.15) is 0 Å². The van der Waals surface area contributed by atoms with E-state index in [9.17, 15) is 22.8 Å². The molecule has 1 amide bonds. The van der Waals surface area contributed by atoms with Gasteiger partial charge < -0.3 is 14.2 Å². The molecule has 0 unspecified atom stereocenters. The average molecular weight is 423 g/mol. The average Bonchev–Trinajstić information content (AvgIpc) is 2.96. The SMILES string of the molecule is CC(=O)N1CCN(CC(=O)c2cc(C)n(-c3ccc(OC(F)(F)F)cc3)c2C)CC1. The van der Waals surface area contributed by atoms with E-state index < -0.39 is 6.36 Å². The number of amides is 1. The topological polar surface area (TPSA) is 54.8 Å². The molecule has 0 N–H and O–H groups in total. The van der Waals surface area contributed by atoms with E-state index in [-0.39, 0.29) is 24.0 Å². The zero-order valence-electron chi connectivity index (χ0n) is 17.1. The van der Waals surface area contributed by atoms with Crippen molar-refractivity contribution >= 4 is 11.7 Å². The Bertz CT molecular complexity index is 927. The second-order valence-corrected chi connectivity index (χ2v) is 7.37. The standard InChI is InChI=1S/C21H24F3N3O3/c1-14-12-19(20(29)13-25-8-10-26(11-9-25)16(3)28)15(2)27(14)17-4-6-18(7-5-17)30-21(22,23)24/h4-7,12H,8-11,13H2,1-3H3. The van der Waals surface area contributed by atoms with Gasteiger partial charge >= 0.3 is 6.36 Å². The van der Waals surface area contributed by atoms with Crippen LogP contribution in [0, 0.1) is 13.8 Å². The third-order valence-corrected chi connectivity index (χ3v) is 5.24. The van der Waals surface area contributed by atoms with Crippen LogP contribution in [0.15, 0.2) is 30.3 Å². The summed E-state index contributed by atoms with van der Waals surface area (Å²) >= 11 is 0. The minimum Gasteiger partial charge on any atom is -0.406 e. The van der Waals surface area contributed by atoms with E-state index in [2.05, 4.69) is 4.74 Å². The fourth-order valence-corrected chi connectivity index (χ4v) is 3.75. The highest BCUT2D eigenvalue weighted by atomic mass is 19.4. The first-order valence-electron chi connectivity index (χ1n) is 9.61. The maximum atomic E-state index is 12.9. The first kappa shape index (κ1) is 21.9. The molecule has 6 nitrogen and oxygen atoms in total. The fourth-order valence-electron chi connectivity index (χ4n) is 3.75. The van der Waals surface area contributed by atoms with E-state index in [1.165, 1.54) is 31.2 Å². The number of ketones is 1. The number of piperazine rings is 1. The summed E-state index contributed by atoms with van der Waals surface area (Å²) in [5.41, 5.74) is 2.76. The Morgan fingerprint density at radius 1 is 1.03 bits per heavy atom. The molecule has 162 valence electrons. The Morgan fingerprint density at radius 2 is 1.63 bits per heavy atom. The van der Waals surface area contributed by atoms with Gasteiger partial charge in [-0.25, -0.2) is 0 Å². The Kier molecular flexibility index (Phi) is 6.21. The van der Waals surface area contributed by atoms with E-state index in [1.807, 2.05) is 23.3 Å². The lowest BCUT2D eigenvalue weighted by Crippen LogP contribution is -2.49. The lowest BCUT2D eigenvalue weighted by atomic mass is 10.1. The second-order valence-electron chi connectivity index (χ2n) is 7.37. The summed E-state index contributed by atoms with van der Waals surface area (Å²) in [5, 5.41) is 0. The summed E-state index contributed by atoms with van der Waals surface area (Å²) in [6.07, 6.45) is -4.74. The summed E-state index contributed by atoms with van der Waals surface area (Å²) in [6.45, 7) is 7.95. The summed E-state index contributed by atoms with van der Waals surface area (Å²) in [5.74, 6) is -0.284. The Labute approximate surface area is 172 Å². The molecule has 1 aliphatic rings. The lowest BCUT2D eigenvalue weighted by Gasteiger charge is -2.33. The first-order chi connectivity index (χ1) is 14.0. The van der Waals surface area contributed by atoms with Gasteiger partial charge in [-0.05, 0) is 44.2 Å². The summed E-state index contributed by atoms with van der Waals surface area (Å²) in [7, 11) is 0. The van der Waals surface area contributed by atoms with Crippen molar-refractivity contribution in [3.8, 4) is 11.4 Å². The number of halogens is 3. The largest absolute Gasteiger partial charge is 0.573 e. The van der Waals surface area contributed by atoms with E-state index >= 15 is 0 Å². The van der Waals surface area contributed by atoms with Crippen molar-refractivity contribution < 1.29 is 27.5 Å². The molecule has 0 aliphatic carbocycles. The third kappa shape index (κ3) is 5.02. The molecular weight excluding hydrogens is 399 g/mol. The predicted octanol–water partition coefficient (Wildman–Crippen LogP) is 3.34. The van der Waals surface area contributed by atoms with Crippen LogP contribution in [0.25, 0.3) is 5.69 Å². The maximum Gasteiger partial charge on any atom is 0.573 e. The zero-order valence-corrected chi connectivity index (χ0v) is 17.1. The molecule has 0 spiro atoms. The highest BCUT2D eigenvalue weighted by Crippen LogP contribution is 2.26. The summed E-state index contributed by atoms with van der Waals surface area (Å²) < 4.78 is 42.8. The minimum absolute atomic E-state index is 0.0253. The summed E-state index contributed by atoms with van der Waals surface area (Å²) in [4.78, 5) is 28.1. The van der Waals surface area contributed by atoms with Crippen LogP contribution in [-0.2, 0) is 4.79 Å². The smallest absolute Gasteiger partial charge is 0.406 e. The molecule has 1 saturated heterocycles. The quantitative estimate of drug-likeness (QED) is 0.693. The zero-order chi connectivity index (χ0) is 22.1. The number of hydrogen-bond donors (Lipinski definition) is 0. The number of alkyl halides is 3. The van der Waals surface area contributed by atoms with Crippen LogP contribution in [0.2, 0.25) is 0 Å². The number of ether oxygens (including phenoxy) is 1. The molecule has 0 saturated carbocycles. The maximum absolute atomic E-state index is 12.9. The number of carbonyl (C=O) groups excluding carboxylic acids is 2. The number of benzene rings is 1. The van der Waals surface area contributed by atoms with Crippen LogP contribution in [0.5, 0.6) is 5.75 Å². The molecular formula is C21H24F3N3O3. The normalized spacial score (nSPS) is 15.3. The number of aromatic nitrogens is 1. The molecule has 1 fully saturated rings. The van der Waals surface area contributed by atoms with Crippen LogP contribution in [0.1, 0.15) is 28.7 Å². The van der Waals surface area contributed by atoms with E-state index in [4.69, 9.17) is 0 Å². The van der Waals surface area contributed by atoms with E-state index in [1.54, 1.807) is 11.0 Å². The number of Topliss-reactive ketones (excluding diaryl/α,β-unsaturated/α-hetero) is 1. The molecule has 0 atom stereocenters. The van der Waals surface area contributed by atoms with Gasteiger partial charge in [0.1, 0.15) is 5.75 Å². The van der Waals surface area contributed by atoms with Crippen molar-refractivity contribution in [1.82, 2.24) is 14.4 Å². The van der Waals surface area contributed by atoms with Gasteiger partial charge in [0.25, 0.3) is 0 Å². The van der Waals surface area contributed by atoms with Crippen molar-refractivity contribution in [2.45, 2.75) is 27.1 Å². The lowest BCUT2D eigenvalue weighted by molar-refractivity contribution is -0.274. The fraction of sp³-hybridized carbons (Fsp3) is 0.429. The van der Waals surface area contributed by atoms with Crippen molar-refractivity contribution in [1.29, 1.82) is 0 Å². The van der Waals surface area contributed by atoms with Crippen LogP contribution >= 0.6 is 0 Å². The van der Waals surface area contributed by atoms with Gasteiger partial charge in [-0.15, -0.1) is 13.2 Å². The van der Waals surface area contributed by atoms with Crippen molar-refractivity contribution in [3.05, 3.63) is 47.3 Å². The second kappa shape index (κ2) is 8.51. The van der Waals surface area contributed by atoms with Crippen molar-refractivity contribution in [2.24, 2.45) is 0 Å². The molecule has 0 radical (unpaired) electrons. The molecule has 9 heteroatoms. The van der Waals surface area contributed by atoms with Gasteiger partial charge in [0, 0.05) is 55.7 Å². The molecule has 30 heavy (non-hydrogen) atoms.